The number of piperazine rings is 1. The van der Waals surface area contributed by atoms with Crippen LogP contribution in [0.5, 0.6) is 0 Å². The molecule has 1 heterocycles. The van der Waals surface area contributed by atoms with Crippen molar-refractivity contribution in [2.75, 3.05) is 31.1 Å². The number of nitrogens with two attached hydrogens (primary N) is 1. The first-order valence-electron chi connectivity index (χ1n) is 8.23. The van der Waals surface area contributed by atoms with E-state index in [2.05, 4.69) is 4.90 Å². The summed E-state index contributed by atoms with van der Waals surface area (Å²) in [6, 6.07) is 17.2. The molecule has 26 heavy (non-hydrogen) atoms. The van der Waals surface area contributed by atoms with E-state index in [0.717, 1.165) is 29.4 Å². The maximum Gasteiger partial charge on any atom is 0.239 e. The van der Waals surface area contributed by atoms with Crippen LogP contribution in [-0.2, 0) is 11.2 Å². The number of halogens is 3. The fourth-order valence-electron chi connectivity index (χ4n) is 3.07. The number of nitrogens with zero attached hydrogens (tertiary/aromatic N) is 2. The highest BCUT2D eigenvalue weighted by atomic mass is 35.5. The van der Waals surface area contributed by atoms with Crippen LogP contribution >= 0.6 is 36.4 Å². The minimum absolute atomic E-state index is 0. The zero-order valence-electron chi connectivity index (χ0n) is 14.4. The molecule has 1 saturated heterocycles. The Hall–Kier alpha value is -1.46. The lowest BCUT2D eigenvalue weighted by atomic mass is 10.1. The van der Waals surface area contributed by atoms with Crippen LogP contribution in [0.15, 0.2) is 54.6 Å². The van der Waals surface area contributed by atoms with Gasteiger partial charge in [0.15, 0.2) is 0 Å². The van der Waals surface area contributed by atoms with Crippen molar-refractivity contribution in [2.24, 2.45) is 5.73 Å². The Kier molecular flexibility index (Phi) is 9.23. The Morgan fingerprint density at radius 2 is 1.54 bits per heavy atom. The monoisotopic (exact) mass is 415 g/mol. The highest BCUT2D eigenvalue weighted by Crippen LogP contribution is 2.26. The van der Waals surface area contributed by atoms with E-state index in [1.807, 2.05) is 59.5 Å². The van der Waals surface area contributed by atoms with E-state index in [4.69, 9.17) is 17.3 Å². The van der Waals surface area contributed by atoms with Gasteiger partial charge in [0, 0.05) is 26.2 Å². The second-order valence-corrected chi connectivity index (χ2v) is 6.47. The summed E-state index contributed by atoms with van der Waals surface area (Å²) >= 11 is 6.26. The van der Waals surface area contributed by atoms with Gasteiger partial charge in [-0.3, -0.25) is 4.79 Å². The maximum absolute atomic E-state index is 12.6. The number of hydrogen-bond acceptors (Lipinski definition) is 3. The molecule has 0 saturated carbocycles. The van der Waals surface area contributed by atoms with E-state index in [1.165, 1.54) is 0 Å². The van der Waals surface area contributed by atoms with Crippen molar-refractivity contribution in [3.63, 3.8) is 0 Å². The van der Waals surface area contributed by atoms with Crippen LogP contribution in [0.2, 0.25) is 5.02 Å². The minimum Gasteiger partial charge on any atom is -0.367 e. The third-order valence-corrected chi connectivity index (χ3v) is 4.72. The molecule has 3 rings (SSSR count). The topological polar surface area (TPSA) is 49.6 Å². The van der Waals surface area contributed by atoms with Gasteiger partial charge in [-0.05, 0) is 24.1 Å². The standard InChI is InChI=1S/C19H22ClN3O.2ClH/c20-16-8-4-5-9-18(16)22-10-12-23(13-11-22)19(24)17(21)14-15-6-2-1-3-7-15;;/h1-9,17H,10-14,21H2;2*1H. The largest absolute Gasteiger partial charge is 0.367 e. The van der Waals surface area contributed by atoms with Gasteiger partial charge in [0.2, 0.25) is 5.91 Å². The van der Waals surface area contributed by atoms with Gasteiger partial charge in [0.1, 0.15) is 0 Å². The molecule has 1 atom stereocenters. The van der Waals surface area contributed by atoms with Crippen molar-refractivity contribution in [2.45, 2.75) is 12.5 Å². The Labute approximate surface area is 172 Å². The van der Waals surface area contributed by atoms with Crippen LogP contribution in [0, 0.1) is 0 Å². The second-order valence-electron chi connectivity index (χ2n) is 6.06. The lowest BCUT2D eigenvalue weighted by Crippen LogP contribution is -2.53. The second kappa shape index (κ2) is 10.6. The van der Waals surface area contributed by atoms with Crippen LogP contribution < -0.4 is 10.6 Å². The average molecular weight is 417 g/mol. The van der Waals surface area contributed by atoms with E-state index in [9.17, 15) is 4.79 Å². The first kappa shape index (κ1) is 22.6. The zero-order chi connectivity index (χ0) is 16.9. The summed E-state index contributed by atoms with van der Waals surface area (Å²) in [6.07, 6.45) is 0.574. The fraction of sp³-hybridized carbons (Fsp3) is 0.316. The summed E-state index contributed by atoms with van der Waals surface area (Å²) in [6.45, 7) is 2.89. The molecule has 2 aromatic carbocycles. The summed E-state index contributed by atoms with van der Waals surface area (Å²) in [4.78, 5) is 16.6. The molecule has 7 heteroatoms. The van der Waals surface area contributed by atoms with Crippen molar-refractivity contribution >= 4 is 48.0 Å². The molecular formula is C19H24Cl3N3O. The molecule has 4 nitrogen and oxygen atoms in total. The average Bonchev–Trinajstić information content (AvgIpc) is 2.62. The maximum atomic E-state index is 12.6. The zero-order valence-corrected chi connectivity index (χ0v) is 16.8. The smallest absolute Gasteiger partial charge is 0.239 e. The Morgan fingerprint density at radius 1 is 0.962 bits per heavy atom. The summed E-state index contributed by atoms with van der Waals surface area (Å²) in [5, 5.41) is 0.748. The van der Waals surface area contributed by atoms with Crippen LogP contribution in [0.1, 0.15) is 5.56 Å². The van der Waals surface area contributed by atoms with Gasteiger partial charge in [-0.1, -0.05) is 54.1 Å². The van der Waals surface area contributed by atoms with Crippen molar-refractivity contribution in [3.8, 4) is 0 Å². The molecule has 1 fully saturated rings. The summed E-state index contributed by atoms with van der Waals surface area (Å²) in [7, 11) is 0. The van der Waals surface area contributed by atoms with Crippen molar-refractivity contribution in [3.05, 3.63) is 65.2 Å². The van der Waals surface area contributed by atoms with Gasteiger partial charge in [0.25, 0.3) is 0 Å². The highest BCUT2D eigenvalue weighted by molar-refractivity contribution is 6.33. The van der Waals surface area contributed by atoms with Gasteiger partial charge >= 0.3 is 0 Å². The van der Waals surface area contributed by atoms with Crippen LogP contribution in [-0.4, -0.2) is 43.0 Å². The highest BCUT2D eigenvalue weighted by Gasteiger charge is 2.26. The van der Waals surface area contributed by atoms with E-state index in [-0.39, 0.29) is 30.7 Å². The first-order valence-corrected chi connectivity index (χ1v) is 8.61. The lowest BCUT2D eigenvalue weighted by molar-refractivity contribution is -0.132. The first-order chi connectivity index (χ1) is 11.6. The molecule has 0 aliphatic carbocycles. The molecule has 0 aromatic heterocycles. The third kappa shape index (κ3) is 5.52. The number of carbonyl (C=O) groups is 1. The van der Waals surface area contributed by atoms with Crippen LogP contribution in [0.25, 0.3) is 0 Å². The number of para-hydroxylation sites is 1. The number of anilines is 1. The number of carbonyl (C=O) groups excluding carboxylic acids is 1. The molecule has 1 aliphatic rings. The minimum atomic E-state index is -0.487. The van der Waals surface area contributed by atoms with Gasteiger partial charge < -0.3 is 15.5 Å². The number of hydrogen-bond donors (Lipinski definition) is 1. The SMILES string of the molecule is Cl.Cl.NC(Cc1ccccc1)C(=O)N1CCN(c2ccccc2Cl)CC1. The number of rotatable bonds is 4. The molecule has 2 aromatic rings. The number of benzene rings is 2. The number of amides is 1. The Bertz CT molecular complexity index is 691. The summed E-state index contributed by atoms with van der Waals surface area (Å²) < 4.78 is 0. The van der Waals surface area contributed by atoms with Crippen LogP contribution in [0.3, 0.4) is 0 Å². The lowest BCUT2D eigenvalue weighted by Gasteiger charge is -2.37. The molecule has 2 N–H and O–H groups in total. The predicted octanol–water partition coefficient (Wildman–Crippen LogP) is 3.40. The van der Waals surface area contributed by atoms with E-state index >= 15 is 0 Å². The molecule has 0 radical (unpaired) electrons. The molecule has 1 amide bonds. The van der Waals surface area contributed by atoms with E-state index in [1.54, 1.807) is 0 Å². The molecule has 0 bridgehead atoms. The molecule has 0 spiro atoms. The van der Waals surface area contributed by atoms with Crippen molar-refractivity contribution < 1.29 is 4.79 Å². The predicted molar refractivity (Wildman–Crippen MR) is 113 cm³/mol. The van der Waals surface area contributed by atoms with Gasteiger partial charge in [-0.2, -0.15) is 0 Å². The Morgan fingerprint density at radius 3 is 2.15 bits per heavy atom. The van der Waals surface area contributed by atoms with Gasteiger partial charge in [-0.25, -0.2) is 0 Å². The fourth-order valence-corrected chi connectivity index (χ4v) is 3.32. The summed E-state index contributed by atoms with van der Waals surface area (Å²) in [5.74, 6) is 0.0256. The quantitative estimate of drug-likeness (QED) is 0.831. The van der Waals surface area contributed by atoms with E-state index in [0.29, 0.717) is 19.5 Å². The van der Waals surface area contributed by atoms with E-state index < -0.39 is 6.04 Å². The summed E-state index contributed by atoms with van der Waals surface area (Å²) in [5.41, 5.74) is 8.24. The normalized spacial score (nSPS) is 14.8. The Balaban J connectivity index is 0.00000169. The van der Waals surface area contributed by atoms with Crippen LogP contribution in [0.4, 0.5) is 5.69 Å². The van der Waals surface area contributed by atoms with Crippen molar-refractivity contribution in [1.82, 2.24) is 4.90 Å². The van der Waals surface area contributed by atoms with Gasteiger partial charge in [-0.15, -0.1) is 24.8 Å². The third-order valence-electron chi connectivity index (χ3n) is 4.40. The molecule has 1 aliphatic heterocycles. The van der Waals surface area contributed by atoms with Gasteiger partial charge in [0.05, 0.1) is 16.8 Å². The van der Waals surface area contributed by atoms with Crippen molar-refractivity contribution in [1.29, 1.82) is 0 Å². The molecule has 1 unspecified atom stereocenters. The molecule has 142 valence electrons. The molecular weight excluding hydrogens is 393 g/mol.